The average Bonchev–Trinajstić information content (AvgIpc) is 2.69. The molecule has 3 atom stereocenters. The highest BCUT2D eigenvalue weighted by Gasteiger charge is 2.43. The minimum Gasteiger partial charge on any atom is -0.343 e. The van der Waals surface area contributed by atoms with Gasteiger partial charge in [-0.2, -0.15) is 13.2 Å². The Labute approximate surface area is 180 Å². The third-order valence-corrected chi connectivity index (χ3v) is 6.59. The van der Waals surface area contributed by atoms with Crippen LogP contribution in [-0.2, 0) is 6.18 Å². The van der Waals surface area contributed by atoms with Crippen LogP contribution in [0.4, 0.5) is 13.2 Å². The van der Waals surface area contributed by atoms with Crippen molar-refractivity contribution in [1.82, 2.24) is 10.2 Å². The molecule has 0 bridgehead atoms. The molecule has 0 spiro atoms. The van der Waals surface area contributed by atoms with Crippen LogP contribution in [0, 0.1) is 5.92 Å². The average molecular weight is 439 g/mol. The quantitative estimate of drug-likeness (QED) is 0.639. The van der Waals surface area contributed by atoms with Gasteiger partial charge in [-0.3, -0.25) is 9.69 Å². The Bertz CT molecular complexity index is 903. The molecule has 7 heteroatoms. The minimum atomic E-state index is -4.63. The van der Waals surface area contributed by atoms with Gasteiger partial charge in [0.2, 0.25) is 0 Å². The second kappa shape index (κ2) is 8.60. The number of likely N-dealkylation sites (N-methyl/N-ethyl adjacent to an activating group) is 1. The van der Waals surface area contributed by atoms with Crippen molar-refractivity contribution in [3.8, 4) is 0 Å². The van der Waals surface area contributed by atoms with Crippen molar-refractivity contribution in [3.63, 3.8) is 0 Å². The molecular weight excluding hydrogens is 413 g/mol. The molecule has 3 unspecified atom stereocenters. The van der Waals surface area contributed by atoms with Gasteiger partial charge in [0.25, 0.3) is 5.91 Å². The standard InChI is InChI=1S/C23H26ClF3N2O/c1-15-12-13-22(2,29(3)14-15)20(16-8-5-4-6-9-16)28-21(30)17-10-7-11-18(19(17)24)23(25,26)27/h4-11,15,20H,12-14H2,1-3H3,(H,28,30). The zero-order valence-corrected chi connectivity index (χ0v) is 18.0. The number of halogens is 4. The third kappa shape index (κ3) is 4.49. The van der Waals surface area contributed by atoms with E-state index in [4.69, 9.17) is 11.6 Å². The van der Waals surface area contributed by atoms with Crippen LogP contribution in [0.15, 0.2) is 48.5 Å². The first-order chi connectivity index (χ1) is 14.0. The first-order valence-electron chi connectivity index (χ1n) is 9.97. The Balaban J connectivity index is 1.98. The van der Waals surface area contributed by atoms with Gasteiger partial charge < -0.3 is 5.32 Å². The fourth-order valence-corrected chi connectivity index (χ4v) is 4.56. The van der Waals surface area contributed by atoms with E-state index in [1.54, 1.807) is 0 Å². The number of hydrogen-bond acceptors (Lipinski definition) is 2. The summed E-state index contributed by atoms with van der Waals surface area (Å²) in [5.41, 5.74) is -0.680. The topological polar surface area (TPSA) is 32.3 Å². The van der Waals surface area contributed by atoms with Gasteiger partial charge in [0, 0.05) is 12.1 Å². The second-order valence-electron chi connectivity index (χ2n) is 8.36. The lowest BCUT2D eigenvalue weighted by atomic mass is 9.76. The molecule has 2 aromatic carbocycles. The Morgan fingerprint density at radius 3 is 2.47 bits per heavy atom. The van der Waals surface area contributed by atoms with Crippen molar-refractivity contribution in [3.05, 3.63) is 70.2 Å². The molecule has 1 N–H and O–H groups in total. The van der Waals surface area contributed by atoms with Crippen LogP contribution in [0.2, 0.25) is 5.02 Å². The first kappa shape index (κ1) is 22.6. The molecule has 0 saturated carbocycles. The number of amides is 1. The number of nitrogens with one attached hydrogen (secondary N) is 1. The molecule has 0 aromatic heterocycles. The molecule has 162 valence electrons. The van der Waals surface area contributed by atoms with Crippen LogP contribution in [-0.4, -0.2) is 29.9 Å². The molecule has 1 fully saturated rings. The van der Waals surface area contributed by atoms with E-state index in [0.717, 1.165) is 31.0 Å². The number of hydrogen-bond donors (Lipinski definition) is 1. The van der Waals surface area contributed by atoms with Gasteiger partial charge >= 0.3 is 6.18 Å². The van der Waals surface area contributed by atoms with Crippen LogP contribution in [0.25, 0.3) is 0 Å². The van der Waals surface area contributed by atoms with Crippen LogP contribution in [0.5, 0.6) is 0 Å². The highest BCUT2D eigenvalue weighted by Crippen LogP contribution is 2.40. The number of nitrogens with zero attached hydrogens (tertiary/aromatic N) is 1. The maximum Gasteiger partial charge on any atom is 0.417 e. The highest BCUT2D eigenvalue weighted by molar-refractivity contribution is 6.34. The zero-order valence-electron chi connectivity index (χ0n) is 17.3. The normalized spacial score (nSPS) is 23.8. The van der Waals surface area contributed by atoms with Gasteiger partial charge in [-0.05, 0) is 50.4 Å². The highest BCUT2D eigenvalue weighted by atomic mass is 35.5. The summed E-state index contributed by atoms with van der Waals surface area (Å²) in [7, 11) is 2.02. The lowest BCUT2D eigenvalue weighted by Crippen LogP contribution is -2.57. The van der Waals surface area contributed by atoms with E-state index in [0.29, 0.717) is 5.92 Å². The van der Waals surface area contributed by atoms with Gasteiger partial charge in [0.15, 0.2) is 0 Å². The summed E-state index contributed by atoms with van der Waals surface area (Å²) >= 11 is 5.99. The van der Waals surface area contributed by atoms with Crippen LogP contribution in [0.1, 0.15) is 54.2 Å². The maximum absolute atomic E-state index is 13.2. The third-order valence-electron chi connectivity index (χ3n) is 6.18. The Morgan fingerprint density at radius 2 is 1.87 bits per heavy atom. The molecule has 1 amide bonds. The molecular formula is C23H26ClF3N2O. The van der Waals surface area contributed by atoms with E-state index < -0.39 is 34.3 Å². The molecule has 1 saturated heterocycles. The Morgan fingerprint density at radius 1 is 1.20 bits per heavy atom. The van der Waals surface area contributed by atoms with Gasteiger partial charge in [0.1, 0.15) is 0 Å². The first-order valence-corrected chi connectivity index (χ1v) is 10.3. The van der Waals surface area contributed by atoms with Crippen molar-refractivity contribution >= 4 is 17.5 Å². The molecule has 30 heavy (non-hydrogen) atoms. The van der Waals surface area contributed by atoms with Crippen molar-refractivity contribution < 1.29 is 18.0 Å². The van der Waals surface area contributed by atoms with E-state index in [9.17, 15) is 18.0 Å². The molecule has 3 rings (SSSR count). The maximum atomic E-state index is 13.2. The van der Waals surface area contributed by atoms with Gasteiger partial charge in [-0.25, -0.2) is 0 Å². The van der Waals surface area contributed by atoms with Crippen molar-refractivity contribution in [2.75, 3.05) is 13.6 Å². The number of piperidine rings is 1. The monoisotopic (exact) mass is 438 g/mol. The van der Waals surface area contributed by atoms with E-state index in [-0.39, 0.29) is 5.56 Å². The van der Waals surface area contributed by atoms with E-state index in [2.05, 4.69) is 24.1 Å². The SMILES string of the molecule is CC1CCC(C)(C(NC(=O)c2cccc(C(F)(F)F)c2Cl)c2ccccc2)N(C)C1. The zero-order chi connectivity index (χ0) is 22.1. The summed E-state index contributed by atoms with van der Waals surface area (Å²) in [4.78, 5) is 15.3. The van der Waals surface area contributed by atoms with Crippen molar-refractivity contribution in [2.24, 2.45) is 5.92 Å². The number of likely N-dealkylation sites (tertiary alicyclic amines) is 1. The predicted molar refractivity (Wildman–Crippen MR) is 113 cm³/mol. The molecule has 0 radical (unpaired) electrons. The Kier molecular flexibility index (Phi) is 6.48. The summed E-state index contributed by atoms with van der Waals surface area (Å²) in [6.45, 7) is 5.15. The van der Waals surface area contributed by atoms with E-state index in [1.165, 1.54) is 12.1 Å². The molecule has 1 aliphatic rings. The number of carbonyl (C=O) groups is 1. The van der Waals surface area contributed by atoms with Gasteiger partial charge in [0.05, 0.1) is 22.2 Å². The van der Waals surface area contributed by atoms with E-state index in [1.807, 2.05) is 37.4 Å². The molecule has 0 aliphatic carbocycles. The molecule has 3 nitrogen and oxygen atoms in total. The number of benzene rings is 2. The summed E-state index contributed by atoms with van der Waals surface area (Å²) in [6, 6.07) is 12.5. The van der Waals surface area contributed by atoms with Crippen molar-refractivity contribution in [1.29, 1.82) is 0 Å². The molecule has 2 aromatic rings. The number of alkyl halides is 3. The molecule has 1 heterocycles. The smallest absolute Gasteiger partial charge is 0.343 e. The summed E-state index contributed by atoms with van der Waals surface area (Å²) in [5.74, 6) is -0.0821. The van der Waals surface area contributed by atoms with Crippen LogP contribution < -0.4 is 5.32 Å². The van der Waals surface area contributed by atoms with E-state index >= 15 is 0 Å². The van der Waals surface area contributed by atoms with Crippen LogP contribution >= 0.6 is 11.6 Å². The van der Waals surface area contributed by atoms with Gasteiger partial charge in [-0.15, -0.1) is 0 Å². The Hall–Kier alpha value is -2.05. The fraction of sp³-hybridized carbons (Fsp3) is 0.435. The predicted octanol–water partition coefficient (Wildman–Crippen LogP) is 5.95. The largest absolute Gasteiger partial charge is 0.417 e. The van der Waals surface area contributed by atoms with Gasteiger partial charge in [-0.1, -0.05) is 54.9 Å². The lowest BCUT2D eigenvalue weighted by molar-refractivity contribution is -0.137. The van der Waals surface area contributed by atoms with Crippen molar-refractivity contribution in [2.45, 2.75) is 44.4 Å². The molecule has 1 aliphatic heterocycles. The lowest BCUT2D eigenvalue weighted by Gasteiger charge is -2.50. The second-order valence-corrected chi connectivity index (χ2v) is 8.74. The minimum absolute atomic E-state index is 0.178. The fourth-order valence-electron chi connectivity index (χ4n) is 4.24. The van der Waals surface area contributed by atoms with Crippen LogP contribution in [0.3, 0.4) is 0 Å². The summed E-state index contributed by atoms with van der Waals surface area (Å²) in [5, 5.41) is 2.41. The summed E-state index contributed by atoms with van der Waals surface area (Å²) < 4.78 is 39.7. The number of carbonyl (C=O) groups excluding carboxylic acids is 1. The summed E-state index contributed by atoms with van der Waals surface area (Å²) in [6.07, 6.45) is -2.77. The number of rotatable bonds is 4.